The van der Waals surface area contributed by atoms with Crippen LogP contribution in [0.25, 0.3) is 0 Å². The third-order valence-electron chi connectivity index (χ3n) is 5.04. The molecule has 2 N–H and O–H groups in total. The van der Waals surface area contributed by atoms with Gasteiger partial charge in [0.25, 0.3) is 15.9 Å². The summed E-state index contributed by atoms with van der Waals surface area (Å²) in [5.74, 6) is -2.64. The van der Waals surface area contributed by atoms with Crippen LogP contribution >= 0.6 is 0 Å². The molecule has 0 saturated carbocycles. The number of aryl methyl sites for hydroxylation is 1. The van der Waals surface area contributed by atoms with Gasteiger partial charge in [-0.3, -0.25) is 9.52 Å². The average molecular weight is 428 g/mol. The first-order valence-electron chi connectivity index (χ1n) is 9.30. The molecule has 0 radical (unpaired) electrons. The summed E-state index contributed by atoms with van der Waals surface area (Å²) < 4.78 is 53.4. The summed E-state index contributed by atoms with van der Waals surface area (Å²) in [5.41, 5.74) is 2.92. The van der Waals surface area contributed by atoms with E-state index in [1.165, 1.54) is 29.8 Å². The number of amides is 1. The average Bonchev–Trinajstić information content (AvgIpc) is 3.13. The second-order valence-corrected chi connectivity index (χ2v) is 8.70. The quantitative estimate of drug-likeness (QED) is 0.640. The predicted molar refractivity (Wildman–Crippen MR) is 109 cm³/mol. The Hall–Kier alpha value is -3.26. The van der Waals surface area contributed by atoms with Crippen molar-refractivity contribution in [1.29, 1.82) is 0 Å². The van der Waals surface area contributed by atoms with Crippen molar-refractivity contribution >= 4 is 21.6 Å². The van der Waals surface area contributed by atoms with Gasteiger partial charge in [-0.2, -0.15) is 0 Å². The Morgan fingerprint density at radius 3 is 2.40 bits per heavy atom. The third-order valence-corrected chi connectivity index (χ3v) is 6.42. The molecule has 30 heavy (non-hydrogen) atoms. The molecular weight excluding hydrogens is 410 g/mol. The Balaban J connectivity index is 1.45. The van der Waals surface area contributed by atoms with Crippen LogP contribution in [0.1, 0.15) is 33.9 Å². The smallest absolute Gasteiger partial charge is 0.261 e. The van der Waals surface area contributed by atoms with Gasteiger partial charge in [0.05, 0.1) is 10.9 Å². The molecule has 154 valence electrons. The lowest BCUT2D eigenvalue weighted by molar-refractivity contribution is 0.0936. The van der Waals surface area contributed by atoms with Gasteiger partial charge in [-0.05, 0) is 66.4 Å². The van der Waals surface area contributed by atoms with Gasteiger partial charge in [0.15, 0.2) is 11.6 Å². The van der Waals surface area contributed by atoms with Gasteiger partial charge in [0.2, 0.25) is 0 Å². The number of hydrogen-bond acceptors (Lipinski definition) is 3. The van der Waals surface area contributed by atoms with Gasteiger partial charge in [0, 0.05) is 11.3 Å². The summed E-state index contributed by atoms with van der Waals surface area (Å²) in [7, 11) is -4.10. The molecule has 0 spiro atoms. The Labute approximate surface area is 172 Å². The molecule has 3 aromatic rings. The van der Waals surface area contributed by atoms with Crippen LogP contribution in [0.4, 0.5) is 14.5 Å². The minimum atomic E-state index is -4.10. The number of sulfonamides is 1. The van der Waals surface area contributed by atoms with Crippen LogP contribution in [0.15, 0.2) is 71.6 Å². The predicted octanol–water partition coefficient (Wildman–Crippen LogP) is 4.18. The molecule has 0 aliphatic heterocycles. The molecule has 1 aliphatic carbocycles. The first kappa shape index (κ1) is 20.0. The molecule has 5 nitrogen and oxygen atoms in total. The highest BCUT2D eigenvalue weighted by atomic mass is 32.2. The van der Waals surface area contributed by atoms with Gasteiger partial charge in [-0.1, -0.05) is 24.3 Å². The largest absolute Gasteiger partial charge is 0.345 e. The minimum Gasteiger partial charge on any atom is -0.345 e. The lowest BCUT2D eigenvalue weighted by atomic mass is 10.1. The van der Waals surface area contributed by atoms with Crippen molar-refractivity contribution in [2.24, 2.45) is 0 Å². The number of halogens is 2. The number of anilines is 1. The zero-order valence-electron chi connectivity index (χ0n) is 15.7. The van der Waals surface area contributed by atoms with E-state index in [0.29, 0.717) is 11.6 Å². The molecule has 0 fully saturated rings. The maximum absolute atomic E-state index is 13.3. The summed E-state index contributed by atoms with van der Waals surface area (Å²) in [5, 5.41) is 3.00. The highest BCUT2D eigenvalue weighted by molar-refractivity contribution is 7.92. The van der Waals surface area contributed by atoms with Gasteiger partial charge >= 0.3 is 0 Å². The number of carbonyl (C=O) groups excluding carboxylic acids is 1. The molecule has 1 aliphatic rings. The monoisotopic (exact) mass is 428 g/mol. The third kappa shape index (κ3) is 4.04. The molecule has 0 heterocycles. The van der Waals surface area contributed by atoms with Crippen LogP contribution in [0, 0.1) is 11.6 Å². The van der Waals surface area contributed by atoms with E-state index >= 15 is 0 Å². The molecular formula is C22H18F2N2O3S. The second kappa shape index (κ2) is 7.87. The molecule has 1 unspecified atom stereocenters. The van der Waals surface area contributed by atoms with Crippen LogP contribution in [0.2, 0.25) is 0 Å². The zero-order chi connectivity index (χ0) is 21.3. The topological polar surface area (TPSA) is 75.3 Å². The number of hydrogen-bond donors (Lipinski definition) is 2. The van der Waals surface area contributed by atoms with Crippen molar-refractivity contribution < 1.29 is 22.0 Å². The van der Waals surface area contributed by atoms with Crippen molar-refractivity contribution in [3.63, 3.8) is 0 Å². The van der Waals surface area contributed by atoms with E-state index in [-0.39, 0.29) is 17.6 Å². The maximum Gasteiger partial charge on any atom is 0.261 e. The molecule has 8 heteroatoms. The molecule has 0 aromatic heterocycles. The number of rotatable bonds is 5. The zero-order valence-corrected chi connectivity index (χ0v) is 16.5. The molecule has 1 amide bonds. The first-order valence-corrected chi connectivity index (χ1v) is 10.8. The number of benzene rings is 3. The van der Waals surface area contributed by atoms with Crippen LogP contribution in [-0.4, -0.2) is 14.3 Å². The maximum atomic E-state index is 13.3. The Morgan fingerprint density at radius 2 is 1.67 bits per heavy atom. The summed E-state index contributed by atoms with van der Waals surface area (Å²) in [6, 6.07) is 16.1. The van der Waals surface area contributed by atoms with Crippen molar-refractivity contribution in [3.8, 4) is 0 Å². The Morgan fingerprint density at radius 1 is 0.933 bits per heavy atom. The highest BCUT2D eigenvalue weighted by Gasteiger charge is 2.24. The number of fused-ring (bicyclic) bond motifs is 1. The van der Waals surface area contributed by atoms with Gasteiger partial charge < -0.3 is 5.32 Å². The molecule has 0 saturated heterocycles. The van der Waals surface area contributed by atoms with Gasteiger partial charge in [-0.15, -0.1) is 0 Å². The standard InChI is InChI=1S/C22H18F2N2O3S/c23-19-11-10-17(13-20(19)24)30(28,29)26-16-8-5-15(6-9-16)22(27)25-21-12-7-14-3-1-2-4-18(14)21/h1-6,8-11,13,21,26H,7,12H2,(H,25,27). The van der Waals surface area contributed by atoms with E-state index < -0.39 is 26.6 Å². The first-order chi connectivity index (χ1) is 14.3. The van der Waals surface area contributed by atoms with Crippen LogP contribution in [-0.2, 0) is 16.4 Å². The van der Waals surface area contributed by atoms with Crippen molar-refractivity contribution in [3.05, 3.63) is 95.1 Å². The minimum absolute atomic E-state index is 0.0553. The summed E-state index contributed by atoms with van der Waals surface area (Å²) in [6.07, 6.45) is 1.74. The van der Waals surface area contributed by atoms with E-state index in [1.54, 1.807) is 0 Å². The van der Waals surface area contributed by atoms with E-state index in [4.69, 9.17) is 0 Å². The molecule has 3 aromatic carbocycles. The van der Waals surface area contributed by atoms with Crippen LogP contribution < -0.4 is 10.0 Å². The van der Waals surface area contributed by atoms with E-state index in [9.17, 15) is 22.0 Å². The molecule has 4 rings (SSSR count). The van der Waals surface area contributed by atoms with Crippen LogP contribution in [0.5, 0.6) is 0 Å². The van der Waals surface area contributed by atoms with Crippen LogP contribution in [0.3, 0.4) is 0 Å². The summed E-state index contributed by atoms with van der Waals surface area (Å²) in [4.78, 5) is 12.2. The fraction of sp³-hybridized carbons (Fsp3) is 0.136. The van der Waals surface area contributed by atoms with E-state index in [1.807, 2.05) is 18.2 Å². The molecule has 1 atom stereocenters. The van der Waals surface area contributed by atoms with Crippen molar-refractivity contribution in [2.45, 2.75) is 23.8 Å². The number of carbonyl (C=O) groups is 1. The second-order valence-electron chi connectivity index (χ2n) is 7.02. The highest BCUT2D eigenvalue weighted by Crippen LogP contribution is 2.31. The fourth-order valence-corrected chi connectivity index (χ4v) is 4.57. The molecule has 0 bridgehead atoms. The van der Waals surface area contributed by atoms with Gasteiger partial charge in [-0.25, -0.2) is 17.2 Å². The lowest BCUT2D eigenvalue weighted by Gasteiger charge is -2.14. The SMILES string of the molecule is O=C(NC1CCc2ccccc21)c1ccc(NS(=O)(=O)c2ccc(F)c(F)c2)cc1. The summed E-state index contributed by atoms with van der Waals surface area (Å²) in [6.45, 7) is 0. The Kier molecular flexibility index (Phi) is 5.26. The normalized spacial score (nSPS) is 15.5. The van der Waals surface area contributed by atoms with Crippen molar-refractivity contribution in [1.82, 2.24) is 5.32 Å². The lowest BCUT2D eigenvalue weighted by Crippen LogP contribution is -2.27. The summed E-state index contributed by atoms with van der Waals surface area (Å²) >= 11 is 0. The van der Waals surface area contributed by atoms with E-state index in [2.05, 4.69) is 16.1 Å². The number of nitrogens with one attached hydrogen (secondary N) is 2. The van der Waals surface area contributed by atoms with Crippen molar-refractivity contribution in [2.75, 3.05) is 4.72 Å². The Bertz CT molecular complexity index is 1210. The fourth-order valence-electron chi connectivity index (χ4n) is 3.50. The van der Waals surface area contributed by atoms with E-state index in [0.717, 1.165) is 30.5 Å². The van der Waals surface area contributed by atoms with Gasteiger partial charge in [0.1, 0.15) is 0 Å².